The number of carbonyl (C=O) groups excluding carboxylic acids is 1. The third kappa shape index (κ3) is 5.30. The molecule has 1 N–H and O–H groups in total. The molecule has 25 heavy (non-hydrogen) atoms. The van der Waals surface area contributed by atoms with Gasteiger partial charge in [-0.2, -0.15) is 0 Å². The molecule has 0 aromatic heterocycles. The first kappa shape index (κ1) is 19.4. The zero-order valence-electron chi connectivity index (χ0n) is 14.9. The van der Waals surface area contributed by atoms with E-state index in [1.54, 1.807) is 6.07 Å². The highest BCUT2D eigenvalue weighted by atomic mass is 79.9. The molecular weight excluding hydrogens is 385 g/mol. The summed E-state index contributed by atoms with van der Waals surface area (Å²) in [6.45, 7) is 8.26. The van der Waals surface area contributed by atoms with Crippen molar-refractivity contribution in [2.75, 3.05) is 5.32 Å². The fourth-order valence-corrected chi connectivity index (χ4v) is 2.66. The number of ether oxygens (including phenoxy) is 1. The van der Waals surface area contributed by atoms with E-state index in [9.17, 15) is 9.18 Å². The fraction of sp³-hybridized carbons (Fsp3) is 0.350. The Morgan fingerprint density at radius 3 is 2.36 bits per heavy atom. The fourth-order valence-electron chi connectivity index (χ4n) is 2.32. The number of hydrogen-bond donors (Lipinski definition) is 1. The van der Waals surface area contributed by atoms with Crippen LogP contribution in [0.4, 0.5) is 10.1 Å². The Morgan fingerprint density at radius 1 is 1.20 bits per heavy atom. The van der Waals surface area contributed by atoms with Crippen LogP contribution in [0.3, 0.4) is 0 Å². The number of benzene rings is 2. The molecule has 0 saturated carbocycles. The summed E-state index contributed by atoms with van der Waals surface area (Å²) in [5, 5.41) is 2.58. The second kappa shape index (κ2) is 8.00. The average Bonchev–Trinajstić information content (AvgIpc) is 2.54. The summed E-state index contributed by atoms with van der Waals surface area (Å²) in [6.07, 6.45) is -0.214. The lowest BCUT2D eigenvalue weighted by molar-refractivity contribution is -0.122. The summed E-state index contributed by atoms with van der Waals surface area (Å²) in [6, 6.07) is 12.2. The molecule has 0 fully saturated rings. The molecule has 0 unspecified atom stereocenters. The van der Waals surface area contributed by atoms with Crippen LogP contribution in [0.5, 0.6) is 5.75 Å². The lowest BCUT2D eigenvalue weighted by Crippen LogP contribution is -2.32. The molecule has 0 bridgehead atoms. The number of rotatable bonds is 5. The summed E-state index contributed by atoms with van der Waals surface area (Å²) in [5.74, 6) is -0.248. The lowest BCUT2D eigenvalue weighted by Gasteiger charge is -2.21. The molecule has 0 heterocycles. The van der Waals surface area contributed by atoms with Crippen LogP contribution in [0.15, 0.2) is 46.9 Å². The molecule has 0 radical (unpaired) electrons. The van der Waals surface area contributed by atoms with Gasteiger partial charge < -0.3 is 10.1 Å². The van der Waals surface area contributed by atoms with E-state index in [0.29, 0.717) is 16.6 Å². The first-order valence-electron chi connectivity index (χ1n) is 8.24. The van der Waals surface area contributed by atoms with Gasteiger partial charge in [0.15, 0.2) is 6.10 Å². The van der Waals surface area contributed by atoms with Gasteiger partial charge in [0.05, 0.1) is 5.69 Å². The minimum absolute atomic E-state index is 0.0547. The topological polar surface area (TPSA) is 38.3 Å². The SMILES string of the molecule is CC[C@@H](Oc1ccc(C(C)(C)C)cc1)C(=O)Nc1ccc(Br)cc1F. The van der Waals surface area contributed by atoms with E-state index in [0.717, 1.165) is 0 Å². The van der Waals surface area contributed by atoms with Crippen LogP contribution in [0.1, 0.15) is 39.7 Å². The molecule has 134 valence electrons. The van der Waals surface area contributed by atoms with Crippen molar-refractivity contribution < 1.29 is 13.9 Å². The molecule has 0 saturated heterocycles. The van der Waals surface area contributed by atoms with E-state index in [2.05, 4.69) is 42.0 Å². The quantitative estimate of drug-likeness (QED) is 0.691. The van der Waals surface area contributed by atoms with Crippen molar-refractivity contribution in [1.29, 1.82) is 0 Å². The monoisotopic (exact) mass is 407 g/mol. The van der Waals surface area contributed by atoms with Crippen molar-refractivity contribution >= 4 is 27.5 Å². The molecule has 2 aromatic carbocycles. The van der Waals surface area contributed by atoms with Gasteiger partial charge in [0, 0.05) is 4.47 Å². The van der Waals surface area contributed by atoms with Gasteiger partial charge in [0.25, 0.3) is 5.91 Å². The van der Waals surface area contributed by atoms with E-state index in [1.165, 1.54) is 17.7 Å². The van der Waals surface area contributed by atoms with Crippen LogP contribution in [0.2, 0.25) is 0 Å². The van der Waals surface area contributed by atoms with Crippen molar-refractivity contribution in [2.45, 2.75) is 45.6 Å². The molecular formula is C20H23BrFNO2. The van der Waals surface area contributed by atoms with Crippen LogP contribution in [0, 0.1) is 5.82 Å². The number of halogens is 2. The van der Waals surface area contributed by atoms with E-state index in [4.69, 9.17) is 4.74 Å². The zero-order valence-corrected chi connectivity index (χ0v) is 16.5. The maximum absolute atomic E-state index is 13.9. The van der Waals surface area contributed by atoms with Gasteiger partial charge in [-0.1, -0.05) is 55.8 Å². The van der Waals surface area contributed by atoms with Gasteiger partial charge in [-0.15, -0.1) is 0 Å². The van der Waals surface area contributed by atoms with Crippen molar-refractivity contribution in [1.82, 2.24) is 0 Å². The third-order valence-electron chi connectivity index (χ3n) is 3.85. The van der Waals surface area contributed by atoms with Crippen molar-refractivity contribution in [3.05, 3.63) is 58.3 Å². The molecule has 0 aliphatic carbocycles. The minimum Gasteiger partial charge on any atom is -0.481 e. The summed E-state index contributed by atoms with van der Waals surface area (Å²) in [7, 11) is 0. The molecule has 2 aromatic rings. The van der Waals surface area contributed by atoms with Gasteiger partial charge in [0.2, 0.25) is 0 Å². The van der Waals surface area contributed by atoms with Crippen LogP contribution < -0.4 is 10.1 Å². The maximum Gasteiger partial charge on any atom is 0.265 e. The van der Waals surface area contributed by atoms with Crippen molar-refractivity contribution in [2.24, 2.45) is 0 Å². The van der Waals surface area contributed by atoms with Gasteiger partial charge in [-0.05, 0) is 47.7 Å². The van der Waals surface area contributed by atoms with Crippen molar-refractivity contribution in [3.63, 3.8) is 0 Å². The van der Waals surface area contributed by atoms with E-state index >= 15 is 0 Å². The largest absolute Gasteiger partial charge is 0.481 e. The van der Waals surface area contributed by atoms with Gasteiger partial charge >= 0.3 is 0 Å². The van der Waals surface area contributed by atoms with Crippen LogP contribution in [0.25, 0.3) is 0 Å². The second-order valence-electron chi connectivity index (χ2n) is 6.90. The van der Waals surface area contributed by atoms with Crippen LogP contribution in [-0.2, 0) is 10.2 Å². The molecule has 5 heteroatoms. The van der Waals surface area contributed by atoms with Gasteiger partial charge in [0.1, 0.15) is 11.6 Å². The predicted molar refractivity (Wildman–Crippen MR) is 103 cm³/mol. The minimum atomic E-state index is -0.691. The molecule has 1 atom stereocenters. The van der Waals surface area contributed by atoms with E-state index in [-0.39, 0.29) is 17.0 Å². The summed E-state index contributed by atoms with van der Waals surface area (Å²) < 4.78 is 20.3. The molecule has 1 amide bonds. The Labute approximate surface area is 156 Å². The Morgan fingerprint density at radius 2 is 1.84 bits per heavy atom. The van der Waals surface area contributed by atoms with Gasteiger partial charge in [-0.25, -0.2) is 4.39 Å². The predicted octanol–water partition coefficient (Wildman–Crippen LogP) is 5.68. The zero-order chi connectivity index (χ0) is 18.6. The highest BCUT2D eigenvalue weighted by Crippen LogP contribution is 2.25. The molecule has 2 rings (SSSR count). The average molecular weight is 408 g/mol. The highest BCUT2D eigenvalue weighted by Gasteiger charge is 2.20. The maximum atomic E-state index is 13.9. The molecule has 0 aliphatic heterocycles. The number of anilines is 1. The Bertz CT molecular complexity index is 738. The summed E-state index contributed by atoms with van der Waals surface area (Å²) in [5.41, 5.74) is 1.38. The standard InChI is InChI=1S/C20H23BrFNO2/c1-5-18(19(24)23-17-11-8-14(21)12-16(17)22)25-15-9-6-13(7-10-15)20(2,3)4/h6-12,18H,5H2,1-4H3,(H,23,24)/t18-/m1/s1. The number of carbonyl (C=O) groups is 1. The van der Waals surface area contributed by atoms with Crippen LogP contribution >= 0.6 is 15.9 Å². The smallest absolute Gasteiger partial charge is 0.265 e. The normalized spacial score (nSPS) is 12.6. The number of hydrogen-bond acceptors (Lipinski definition) is 2. The first-order valence-corrected chi connectivity index (χ1v) is 9.03. The summed E-state index contributed by atoms with van der Waals surface area (Å²) >= 11 is 3.19. The second-order valence-corrected chi connectivity index (χ2v) is 7.82. The van der Waals surface area contributed by atoms with Gasteiger partial charge in [-0.3, -0.25) is 4.79 Å². The number of amides is 1. The Balaban J connectivity index is 2.07. The van der Waals surface area contributed by atoms with E-state index in [1.807, 2.05) is 31.2 Å². The van der Waals surface area contributed by atoms with Crippen molar-refractivity contribution in [3.8, 4) is 5.75 Å². The Hall–Kier alpha value is -1.88. The third-order valence-corrected chi connectivity index (χ3v) is 4.34. The highest BCUT2D eigenvalue weighted by molar-refractivity contribution is 9.10. The first-order chi connectivity index (χ1) is 11.7. The molecule has 0 spiro atoms. The summed E-state index contributed by atoms with van der Waals surface area (Å²) in [4.78, 5) is 12.4. The Kier molecular flexibility index (Phi) is 6.22. The van der Waals surface area contributed by atoms with E-state index < -0.39 is 11.9 Å². The molecule has 0 aliphatic rings. The molecule has 3 nitrogen and oxygen atoms in total. The lowest BCUT2D eigenvalue weighted by atomic mass is 9.87. The van der Waals surface area contributed by atoms with Crippen LogP contribution in [-0.4, -0.2) is 12.0 Å². The number of nitrogens with one attached hydrogen (secondary N) is 1.